The molecule has 0 aliphatic rings. The third-order valence-corrected chi connectivity index (χ3v) is 3.24. The highest BCUT2D eigenvalue weighted by Crippen LogP contribution is 2.26. The lowest BCUT2D eigenvalue weighted by atomic mass is 10.1. The van der Waals surface area contributed by atoms with Crippen LogP contribution in [0, 0.1) is 0 Å². The van der Waals surface area contributed by atoms with Crippen molar-refractivity contribution in [1.29, 1.82) is 0 Å². The summed E-state index contributed by atoms with van der Waals surface area (Å²) in [6.07, 6.45) is 3.96. The molecule has 0 aromatic heterocycles. The Morgan fingerprint density at radius 2 is 1.40 bits per heavy atom. The van der Waals surface area contributed by atoms with Gasteiger partial charge in [-0.25, -0.2) is 0 Å². The fraction of sp³-hybridized carbons (Fsp3) is 0. The monoisotopic (exact) mass is 262 g/mol. The second-order valence-electron chi connectivity index (χ2n) is 4.68. The molecule has 0 unspecified atom stereocenters. The molecule has 98 valence electrons. The van der Waals surface area contributed by atoms with Gasteiger partial charge in [0, 0.05) is 5.39 Å². The molecule has 0 spiro atoms. The van der Waals surface area contributed by atoms with Crippen LogP contribution in [0.3, 0.4) is 0 Å². The second-order valence-corrected chi connectivity index (χ2v) is 4.68. The molecule has 0 saturated carbocycles. The van der Waals surface area contributed by atoms with E-state index in [0.717, 1.165) is 21.9 Å². The van der Waals surface area contributed by atoms with Crippen molar-refractivity contribution < 1.29 is 10.2 Å². The molecular formula is C18H14O2. The van der Waals surface area contributed by atoms with Crippen molar-refractivity contribution in [3.8, 4) is 11.5 Å². The number of hydrogen-bond donors (Lipinski definition) is 2. The van der Waals surface area contributed by atoms with Crippen LogP contribution in [0.25, 0.3) is 22.9 Å². The topological polar surface area (TPSA) is 40.5 Å². The first-order chi connectivity index (χ1) is 9.72. The van der Waals surface area contributed by atoms with Gasteiger partial charge >= 0.3 is 0 Å². The van der Waals surface area contributed by atoms with Gasteiger partial charge in [-0.2, -0.15) is 0 Å². The van der Waals surface area contributed by atoms with Crippen LogP contribution in [0.1, 0.15) is 11.1 Å². The van der Waals surface area contributed by atoms with Crippen molar-refractivity contribution in [3.63, 3.8) is 0 Å². The number of fused-ring (bicyclic) bond motifs is 1. The highest BCUT2D eigenvalue weighted by molar-refractivity contribution is 5.90. The molecular weight excluding hydrogens is 248 g/mol. The molecule has 0 fully saturated rings. The van der Waals surface area contributed by atoms with Crippen molar-refractivity contribution in [3.05, 3.63) is 71.8 Å². The minimum atomic E-state index is 0.262. The van der Waals surface area contributed by atoms with Crippen molar-refractivity contribution in [2.24, 2.45) is 0 Å². The van der Waals surface area contributed by atoms with Crippen molar-refractivity contribution in [1.82, 2.24) is 0 Å². The second kappa shape index (κ2) is 5.10. The lowest BCUT2D eigenvalue weighted by Gasteiger charge is -2.02. The molecule has 3 aromatic rings. The number of benzene rings is 3. The standard InChI is InChI=1S/C18H14O2/c19-16-10-7-13(8-11-16)4-5-14-6-9-15-2-1-3-18(20)17(15)12-14/h1-12,19-20H. The average Bonchev–Trinajstić information content (AvgIpc) is 2.47. The first kappa shape index (κ1) is 12.3. The van der Waals surface area contributed by atoms with Crippen LogP contribution in [0.15, 0.2) is 60.7 Å². The molecule has 0 aliphatic carbocycles. The highest BCUT2D eigenvalue weighted by atomic mass is 16.3. The molecule has 0 aliphatic heterocycles. The van der Waals surface area contributed by atoms with Crippen LogP contribution in [0.5, 0.6) is 11.5 Å². The summed E-state index contributed by atoms with van der Waals surface area (Å²) in [4.78, 5) is 0. The fourth-order valence-electron chi connectivity index (χ4n) is 2.16. The summed E-state index contributed by atoms with van der Waals surface area (Å²) in [5.74, 6) is 0.556. The number of hydrogen-bond acceptors (Lipinski definition) is 2. The molecule has 0 saturated heterocycles. The van der Waals surface area contributed by atoms with Gasteiger partial charge in [0.2, 0.25) is 0 Å². The van der Waals surface area contributed by atoms with E-state index in [0.29, 0.717) is 5.75 Å². The molecule has 20 heavy (non-hydrogen) atoms. The van der Waals surface area contributed by atoms with Gasteiger partial charge in [0.1, 0.15) is 11.5 Å². The summed E-state index contributed by atoms with van der Waals surface area (Å²) >= 11 is 0. The smallest absolute Gasteiger partial charge is 0.123 e. The summed E-state index contributed by atoms with van der Waals surface area (Å²) in [7, 11) is 0. The van der Waals surface area contributed by atoms with Crippen molar-refractivity contribution in [2.75, 3.05) is 0 Å². The van der Waals surface area contributed by atoms with Gasteiger partial charge in [0.25, 0.3) is 0 Å². The third kappa shape index (κ3) is 2.50. The van der Waals surface area contributed by atoms with E-state index in [-0.39, 0.29) is 5.75 Å². The summed E-state index contributed by atoms with van der Waals surface area (Å²) < 4.78 is 0. The molecule has 3 rings (SSSR count). The highest BCUT2D eigenvalue weighted by Gasteiger charge is 1.99. The van der Waals surface area contributed by atoms with Crippen LogP contribution in [0.4, 0.5) is 0 Å². The average molecular weight is 262 g/mol. The zero-order valence-corrected chi connectivity index (χ0v) is 10.8. The first-order valence-electron chi connectivity index (χ1n) is 6.41. The molecule has 0 radical (unpaired) electrons. The Morgan fingerprint density at radius 1 is 0.700 bits per heavy atom. The van der Waals surface area contributed by atoms with E-state index in [1.165, 1.54) is 0 Å². The van der Waals surface area contributed by atoms with Gasteiger partial charge in [-0.15, -0.1) is 0 Å². The van der Waals surface area contributed by atoms with Crippen LogP contribution in [0.2, 0.25) is 0 Å². The summed E-state index contributed by atoms with van der Waals surface area (Å²) in [5.41, 5.74) is 2.03. The lowest BCUT2D eigenvalue weighted by Crippen LogP contribution is -1.77. The van der Waals surface area contributed by atoms with E-state index in [1.807, 2.05) is 54.6 Å². The Morgan fingerprint density at radius 3 is 2.20 bits per heavy atom. The van der Waals surface area contributed by atoms with Crippen LogP contribution in [-0.2, 0) is 0 Å². The van der Waals surface area contributed by atoms with Gasteiger partial charge in [0.05, 0.1) is 0 Å². The van der Waals surface area contributed by atoms with E-state index in [9.17, 15) is 10.2 Å². The maximum Gasteiger partial charge on any atom is 0.123 e. The maximum absolute atomic E-state index is 9.86. The van der Waals surface area contributed by atoms with Crippen LogP contribution < -0.4 is 0 Å². The Hall–Kier alpha value is -2.74. The minimum absolute atomic E-state index is 0.262. The van der Waals surface area contributed by atoms with Crippen molar-refractivity contribution in [2.45, 2.75) is 0 Å². The Labute approximate surface area is 117 Å². The number of aromatic hydroxyl groups is 2. The predicted octanol–water partition coefficient (Wildman–Crippen LogP) is 4.42. The zero-order chi connectivity index (χ0) is 13.9. The van der Waals surface area contributed by atoms with E-state index in [2.05, 4.69) is 0 Å². The van der Waals surface area contributed by atoms with Gasteiger partial charge in [-0.1, -0.05) is 48.6 Å². The normalized spacial score (nSPS) is 11.2. The maximum atomic E-state index is 9.86. The molecule has 0 heterocycles. The Kier molecular flexibility index (Phi) is 3.13. The number of phenolic OH excluding ortho intramolecular Hbond substituents is 2. The fourth-order valence-corrected chi connectivity index (χ4v) is 2.16. The van der Waals surface area contributed by atoms with Gasteiger partial charge in [0.15, 0.2) is 0 Å². The van der Waals surface area contributed by atoms with E-state index >= 15 is 0 Å². The SMILES string of the molecule is Oc1ccc(C=Cc2ccc3cccc(O)c3c2)cc1. The minimum Gasteiger partial charge on any atom is -0.508 e. The molecule has 2 N–H and O–H groups in total. The van der Waals surface area contributed by atoms with Gasteiger partial charge < -0.3 is 10.2 Å². The largest absolute Gasteiger partial charge is 0.508 e. The van der Waals surface area contributed by atoms with E-state index < -0.39 is 0 Å². The molecule has 0 amide bonds. The van der Waals surface area contributed by atoms with E-state index in [4.69, 9.17) is 0 Å². The molecule has 0 atom stereocenters. The summed E-state index contributed by atoms with van der Waals surface area (Å²) in [6, 6.07) is 18.5. The molecule has 0 bridgehead atoms. The number of phenols is 2. The summed E-state index contributed by atoms with van der Waals surface area (Å²) in [6.45, 7) is 0. The quantitative estimate of drug-likeness (QED) is 0.671. The van der Waals surface area contributed by atoms with Crippen LogP contribution in [-0.4, -0.2) is 10.2 Å². The van der Waals surface area contributed by atoms with Crippen molar-refractivity contribution >= 4 is 22.9 Å². The van der Waals surface area contributed by atoms with Gasteiger partial charge in [-0.3, -0.25) is 0 Å². The lowest BCUT2D eigenvalue weighted by molar-refractivity contribution is 0.475. The molecule has 2 nitrogen and oxygen atoms in total. The van der Waals surface area contributed by atoms with E-state index in [1.54, 1.807) is 18.2 Å². The summed E-state index contributed by atoms with van der Waals surface area (Å²) in [5, 5.41) is 21.0. The Bertz CT molecular complexity index is 771. The zero-order valence-electron chi connectivity index (χ0n) is 10.8. The first-order valence-corrected chi connectivity index (χ1v) is 6.41. The Balaban J connectivity index is 1.94. The molecule has 3 aromatic carbocycles. The molecule has 2 heteroatoms. The number of rotatable bonds is 2. The predicted molar refractivity (Wildman–Crippen MR) is 82.6 cm³/mol. The van der Waals surface area contributed by atoms with Crippen LogP contribution >= 0.6 is 0 Å². The third-order valence-electron chi connectivity index (χ3n) is 3.24. The van der Waals surface area contributed by atoms with Gasteiger partial charge in [-0.05, 0) is 40.8 Å².